The van der Waals surface area contributed by atoms with Gasteiger partial charge in [-0.3, -0.25) is 4.79 Å². The lowest BCUT2D eigenvalue weighted by Crippen LogP contribution is -2.33. The summed E-state index contributed by atoms with van der Waals surface area (Å²) >= 11 is 3.39. The third-order valence-corrected chi connectivity index (χ3v) is 6.97. The first-order valence-electron chi connectivity index (χ1n) is 9.42. The van der Waals surface area contributed by atoms with Crippen molar-refractivity contribution in [2.75, 3.05) is 13.7 Å². The van der Waals surface area contributed by atoms with Crippen LogP contribution in [-0.2, 0) is 21.4 Å². The van der Waals surface area contributed by atoms with Crippen molar-refractivity contribution in [1.82, 2.24) is 9.62 Å². The number of halogens is 1. The lowest BCUT2D eigenvalue weighted by molar-refractivity contribution is -0.121. The maximum absolute atomic E-state index is 12.5. The molecular weight excluding hydrogens is 456 g/mol. The number of carbonyl (C=O) groups is 1. The third kappa shape index (κ3) is 7.13. The number of nitrogens with one attached hydrogen (secondary N) is 1. The number of nitrogens with zero attached hydrogens (tertiary/aromatic N) is 1. The van der Waals surface area contributed by atoms with Crippen LogP contribution >= 0.6 is 15.9 Å². The van der Waals surface area contributed by atoms with Crippen molar-refractivity contribution in [2.24, 2.45) is 0 Å². The molecule has 0 unspecified atom stereocenters. The van der Waals surface area contributed by atoms with Crippen molar-refractivity contribution < 1.29 is 17.9 Å². The van der Waals surface area contributed by atoms with E-state index in [0.717, 1.165) is 15.8 Å². The van der Waals surface area contributed by atoms with Gasteiger partial charge in [-0.2, -0.15) is 4.31 Å². The largest absolute Gasteiger partial charge is 0.494 e. The zero-order valence-corrected chi connectivity index (χ0v) is 19.3. The quantitative estimate of drug-likeness (QED) is 0.520. The Balaban J connectivity index is 1.76. The molecule has 0 aliphatic heterocycles. The number of amides is 1. The molecule has 0 saturated carbocycles. The summed E-state index contributed by atoms with van der Waals surface area (Å²) in [5.41, 5.74) is 0.842. The summed E-state index contributed by atoms with van der Waals surface area (Å²) in [6, 6.07) is 14.0. The van der Waals surface area contributed by atoms with Crippen molar-refractivity contribution in [3.63, 3.8) is 0 Å². The molecule has 2 rings (SSSR count). The van der Waals surface area contributed by atoms with Gasteiger partial charge in [0.2, 0.25) is 15.9 Å². The van der Waals surface area contributed by atoms with E-state index in [1.165, 1.54) is 4.31 Å². The summed E-state index contributed by atoms with van der Waals surface area (Å²) in [5, 5.41) is 2.84. The predicted molar refractivity (Wildman–Crippen MR) is 117 cm³/mol. The smallest absolute Gasteiger partial charge is 0.243 e. The van der Waals surface area contributed by atoms with E-state index < -0.39 is 10.0 Å². The molecule has 0 saturated heterocycles. The van der Waals surface area contributed by atoms with Crippen LogP contribution in [0.3, 0.4) is 0 Å². The Morgan fingerprint density at radius 2 is 1.86 bits per heavy atom. The molecular formula is C21H27BrN2O4S. The van der Waals surface area contributed by atoms with Crippen molar-refractivity contribution in [2.45, 2.75) is 44.2 Å². The fourth-order valence-corrected chi connectivity index (χ4v) is 4.24. The van der Waals surface area contributed by atoms with E-state index in [9.17, 15) is 13.2 Å². The molecule has 29 heavy (non-hydrogen) atoms. The Morgan fingerprint density at radius 1 is 1.17 bits per heavy atom. The second kappa shape index (κ2) is 10.8. The van der Waals surface area contributed by atoms with Crippen LogP contribution in [0.1, 0.15) is 32.3 Å². The molecule has 0 aliphatic rings. The first-order chi connectivity index (χ1) is 13.7. The topological polar surface area (TPSA) is 75.7 Å². The number of carbonyl (C=O) groups excluding carboxylic acids is 1. The van der Waals surface area contributed by atoms with Gasteiger partial charge in [-0.05, 0) is 56.2 Å². The summed E-state index contributed by atoms with van der Waals surface area (Å²) in [6.45, 7) is 4.46. The molecule has 2 aromatic carbocycles. The second-order valence-corrected chi connectivity index (χ2v) is 9.86. The van der Waals surface area contributed by atoms with Crippen LogP contribution in [0.15, 0.2) is 57.9 Å². The average Bonchev–Trinajstić information content (AvgIpc) is 2.69. The predicted octanol–water partition coefficient (Wildman–Crippen LogP) is 3.95. The minimum absolute atomic E-state index is 0.0703. The van der Waals surface area contributed by atoms with Crippen LogP contribution in [0.2, 0.25) is 0 Å². The average molecular weight is 483 g/mol. The summed E-state index contributed by atoms with van der Waals surface area (Å²) in [6.07, 6.45) is 0.969. The normalized spacial score (nSPS) is 11.7. The van der Waals surface area contributed by atoms with Crippen molar-refractivity contribution in [3.05, 3.63) is 58.6 Å². The molecule has 0 atom stereocenters. The van der Waals surface area contributed by atoms with Crippen LogP contribution < -0.4 is 10.1 Å². The van der Waals surface area contributed by atoms with Gasteiger partial charge < -0.3 is 10.1 Å². The Bertz CT molecular complexity index is 915. The van der Waals surface area contributed by atoms with E-state index >= 15 is 0 Å². The minimum atomic E-state index is -3.50. The fourth-order valence-electron chi connectivity index (χ4n) is 2.49. The molecule has 1 amide bonds. The third-order valence-electron chi connectivity index (χ3n) is 4.43. The first-order valence-corrected chi connectivity index (χ1v) is 11.7. The maximum Gasteiger partial charge on any atom is 0.243 e. The van der Waals surface area contributed by atoms with Crippen LogP contribution in [0.5, 0.6) is 5.75 Å². The molecule has 0 fully saturated rings. The number of rotatable bonds is 10. The summed E-state index contributed by atoms with van der Waals surface area (Å²) < 4.78 is 32.8. The van der Waals surface area contributed by atoms with Gasteiger partial charge in [-0.1, -0.05) is 34.1 Å². The van der Waals surface area contributed by atoms with E-state index in [2.05, 4.69) is 21.2 Å². The van der Waals surface area contributed by atoms with Crippen LogP contribution in [-0.4, -0.2) is 38.3 Å². The molecule has 0 radical (unpaired) electrons. The molecule has 6 nitrogen and oxygen atoms in total. The van der Waals surface area contributed by atoms with Crippen molar-refractivity contribution >= 4 is 31.9 Å². The van der Waals surface area contributed by atoms with Crippen molar-refractivity contribution in [3.8, 4) is 5.75 Å². The molecule has 0 aliphatic carbocycles. The number of ether oxygens (including phenoxy) is 1. The van der Waals surface area contributed by atoms with E-state index in [1.54, 1.807) is 31.3 Å². The Morgan fingerprint density at radius 3 is 2.48 bits per heavy atom. The second-order valence-electron chi connectivity index (χ2n) is 6.95. The van der Waals surface area contributed by atoms with Gasteiger partial charge in [0.25, 0.3) is 0 Å². The Hall–Kier alpha value is -1.90. The molecule has 158 valence electrons. The molecule has 0 spiro atoms. The molecule has 0 heterocycles. The lowest BCUT2D eigenvalue weighted by Gasteiger charge is -2.21. The monoisotopic (exact) mass is 482 g/mol. The van der Waals surface area contributed by atoms with E-state index in [0.29, 0.717) is 26.0 Å². The van der Waals surface area contributed by atoms with Crippen LogP contribution in [0, 0.1) is 0 Å². The van der Waals surface area contributed by atoms with Gasteiger partial charge in [0.15, 0.2) is 0 Å². The highest BCUT2D eigenvalue weighted by molar-refractivity contribution is 9.10. The minimum Gasteiger partial charge on any atom is -0.494 e. The zero-order valence-electron chi connectivity index (χ0n) is 16.9. The van der Waals surface area contributed by atoms with Gasteiger partial charge in [-0.25, -0.2) is 8.42 Å². The van der Waals surface area contributed by atoms with Crippen molar-refractivity contribution in [1.29, 1.82) is 0 Å². The highest BCUT2D eigenvalue weighted by Gasteiger charge is 2.22. The Labute approximate surface area is 181 Å². The highest BCUT2D eigenvalue weighted by Crippen LogP contribution is 2.18. The highest BCUT2D eigenvalue weighted by atomic mass is 79.9. The van der Waals surface area contributed by atoms with Crippen LogP contribution in [0.4, 0.5) is 0 Å². The molecule has 8 heteroatoms. The van der Waals surface area contributed by atoms with Crippen LogP contribution in [0.25, 0.3) is 0 Å². The maximum atomic E-state index is 12.5. The van der Waals surface area contributed by atoms with Gasteiger partial charge in [0.05, 0.1) is 11.5 Å². The molecule has 1 N–H and O–H groups in total. The summed E-state index contributed by atoms with van der Waals surface area (Å²) in [4.78, 5) is 12.2. The summed E-state index contributed by atoms with van der Waals surface area (Å²) in [7, 11) is -1.93. The SMILES string of the molecule is CC(C)N(C)S(=O)(=O)c1ccc(CNC(=O)CCCOc2cccc(Br)c2)cc1. The number of hydrogen-bond acceptors (Lipinski definition) is 4. The zero-order chi connectivity index (χ0) is 21.4. The number of benzene rings is 2. The number of hydrogen-bond donors (Lipinski definition) is 1. The fraction of sp³-hybridized carbons (Fsp3) is 0.381. The van der Waals surface area contributed by atoms with Gasteiger partial charge in [0.1, 0.15) is 5.75 Å². The molecule has 2 aromatic rings. The van der Waals surface area contributed by atoms with Gasteiger partial charge in [0, 0.05) is 30.5 Å². The van der Waals surface area contributed by atoms with Gasteiger partial charge >= 0.3 is 0 Å². The Kier molecular flexibility index (Phi) is 8.67. The van der Waals surface area contributed by atoms with E-state index in [-0.39, 0.29) is 16.8 Å². The van der Waals surface area contributed by atoms with Gasteiger partial charge in [-0.15, -0.1) is 0 Å². The lowest BCUT2D eigenvalue weighted by atomic mass is 10.2. The van der Waals surface area contributed by atoms with E-state index in [4.69, 9.17) is 4.74 Å². The number of sulfonamides is 1. The molecule has 0 aromatic heterocycles. The van der Waals surface area contributed by atoms with E-state index in [1.807, 2.05) is 38.1 Å². The standard InChI is InChI=1S/C21H27BrN2O4S/c1-16(2)24(3)29(26,27)20-11-9-17(10-12-20)15-23-21(25)8-5-13-28-19-7-4-6-18(22)14-19/h4,6-7,9-12,14,16H,5,8,13,15H2,1-3H3,(H,23,25). The molecule has 0 bridgehead atoms. The first kappa shape index (κ1) is 23.4. The summed E-state index contributed by atoms with van der Waals surface area (Å²) in [5.74, 6) is 0.692.